The van der Waals surface area contributed by atoms with E-state index >= 15 is 0 Å². The number of hydrazone groups is 1. The molecular weight excluding hydrogens is 322 g/mol. The third-order valence-electron chi connectivity index (χ3n) is 3.67. The van der Waals surface area contributed by atoms with Gasteiger partial charge in [-0.3, -0.25) is 15.5 Å². The molecule has 1 N–H and O–H groups in total. The number of nitro groups is 1. The van der Waals surface area contributed by atoms with Crippen LogP contribution in [0.1, 0.15) is 5.56 Å². The maximum atomic E-state index is 11.0. The first-order valence-corrected chi connectivity index (χ1v) is 7.39. The molecule has 0 amide bonds. The van der Waals surface area contributed by atoms with Gasteiger partial charge in [-0.1, -0.05) is 24.3 Å². The Hall–Kier alpha value is -3.81. The number of para-hydroxylation sites is 2. The zero-order chi connectivity index (χ0) is 17.2. The maximum Gasteiger partial charge on any atom is 0.278 e. The van der Waals surface area contributed by atoms with Crippen LogP contribution in [0, 0.1) is 10.1 Å². The Morgan fingerprint density at radius 2 is 1.92 bits per heavy atom. The molecule has 2 aromatic carbocycles. The van der Waals surface area contributed by atoms with Crippen molar-refractivity contribution >= 4 is 39.8 Å². The van der Waals surface area contributed by atoms with Gasteiger partial charge in [-0.2, -0.15) is 5.10 Å². The van der Waals surface area contributed by atoms with Crippen molar-refractivity contribution in [1.82, 2.24) is 9.97 Å². The number of hydrogen-bond donors (Lipinski definition) is 1. The molecule has 0 bridgehead atoms. The summed E-state index contributed by atoms with van der Waals surface area (Å²) in [5, 5.41) is 15.9. The van der Waals surface area contributed by atoms with Crippen molar-refractivity contribution in [3.63, 3.8) is 0 Å². The molecule has 0 fully saturated rings. The van der Waals surface area contributed by atoms with Crippen LogP contribution in [0.3, 0.4) is 0 Å². The molecule has 0 aliphatic heterocycles. The SMILES string of the molecule is O=[N+]([O-])c1ccccc1/C=N\Nc1ncnc2c1oc1ccccc12. The highest BCUT2D eigenvalue weighted by Crippen LogP contribution is 2.30. The molecule has 0 saturated carbocycles. The summed E-state index contributed by atoms with van der Waals surface area (Å²) in [5.41, 5.74) is 4.97. The first-order valence-electron chi connectivity index (χ1n) is 7.39. The van der Waals surface area contributed by atoms with E-state index in [-0.39, 0.29) is 5.69 Å². The minimum absolute atomic E-state index is 0.0235. The van der Waals surface area contributed by atoms with Crippen LogP contribution in [0.5, 0.6) is 0 Å². The molecule has 25 heavy (non-hydrogen) atoms. The largest absolute Gasteiger partial charge is 0.450 e. The summed E-state index contributed by atoms with van der Waals surface area (Å²) < 4.78 is 5.78. The molecule has 4 rings (SSSR count). The van der Waals surface area contributed by atoms with Gasteiger partial charge in [0.25, 0.3) is 5.69 Å². The lowest BCUT2D eigenvalue weighted by atomic mass is 10.2. The smallest absolute Gasteiger partial charge is 0.278 e. The Labute approximate surface area is 141 Å². The third-order valence-corrected chi connectivity index (χ3v) is 3.67. The van der Waals surface area contributed by atoms with Gasteiger partial charge < -0.3 is 4.42 Å². The highest BCUT2D eigenvalue weighted by atomic mass is 16.6. The topological polar surface area (TPSA) is 106 Å². The lowest BCUT2D eigenvalue weighted by molar-refractivity contribution is -0.385. The molecule has 4 aromatic rings. The second-order valence-electron chi connectivity index (χ2n) is 5.18. The number of furan rings is 1. The van der Waals surface area contributed by atoms with Crippen molar-refractivity contribution in [1.29, 1.82) is 0 Å². The number of aromatic nitrogens is 2. The Balaban J connectivity index is 1.69. The standard InChI is InChI=1S/C17H11N5O3/c23-22(24)13-7-3-1-5-11(13)9-20-21-17-16-15(18-10-19-17)12-6-2-4-8-14(12)25-16/h1-10H,(H,18,19,21)/b20-9-. The molecule has 0 spiro atoms. The summed E-state index contributed by atoms with van der Waals surface area (Å²) in [6.07, 6.45) is 2.78. The zero-order valence-corrected chi connectivity index (χ0v) is 12.8. The number of fused-ring (bicyclic) bond motifs is 3. The predicted octanol–water partition coefficient (Wildman–Crippen LogP) is 3.73. The molecule has 2 heterocycles. The number of nitro benzene ring substituents is 1. The number of rotatable bonds is 4. The fraction of sp³-hybridized carbons (Fsp3) is 0. The van der Waals surface area contributed by atoms with Gasteiger partial charge in [-0.05, 0) is 18.2 Å². The third kappa shape index (κ3) is 2.65. The summed E-state index contributed by atoms with van der Waals surface area (Å²) in [5.74, 6) is 0.385. The predicted molar refractivity (Wildman–Crippen MR) is 93.6 cm³/mol. The normalized spacial score (nSPS) is 11.4. The van der Waals surface area contributed by atoms with E-state index in [1.807, 2.05) is 24.3 Å². The quantitative estimate of drug-likeness (QED) is 0.346. The van der Waals surface area contributed by atoms with Gasteiger partial charge in [0.05, 0.1) is 16.7 Å². The maximum absolute atomic E-state index is 11.0. The lowest BCUT2D eigenvalue weighted by Gasteiger charge is -1.99. The van der Waals surface area contributed by atoms with E-state index in [0.29, 0.717) is 28.1 Å². The molecular formula is C17H11N5O3. The van der Waals surface area contributed by atoms with E-state index < -0.39 is 4.92 Å². The average molecular weight is 333 g/mol. The van der Waals surface area contributed by atoms with Crippen LogP contribution < -0.4 is 5.43 Å². The zero-order valence-electron chi connectivity index (χ0n) is 12.8. The van der Waals surface area contributed by atoms with E-state index in [9.17, 15) is 10.1 Å². The fourth-order valence-corrected chi connectivity index (χ4v) is 2.53. The first kappa shape index (κ1) is 14.8. The minimum atomic E-state index is -0.455. The van der Waals surface area contributed by atoms with Crippen molar-refractivity contribution in [2.75, 3.05) is 5.43 Å². The fourth-order valence-electron chi connectivity index (χ4n) is 2.53. The molecule has 0 saturated heterocycles. The van der Waals surface area contributed by atoms with Crippen molar-refractivity contribution in [3.05, 3.63) is 70.5 Å². The van der Waals surface area contributed by atoms with Crippen LogP contribution in [0.15, 0.2) is 64.4 Å². The van der Waals surface area contributed by atoms with E-state index in [1.54, 1.807) is 18.2 Å². The molecule has 8 heteroatoms. The number of benzene rings is 2. The molecule has 0 unspecified atom stereocenters. The number of anilines is 1. The van der Waals surface area contributed by atoms with Crippen molar-refractivity contribution in [2.45, 2.75) is 0 Å². The van der Waals surface area contributed by atoms with Crippen molar-refractivity contribution < 1.29 is 9.34 Å². The summed E-state index contributed by atoms with van der Waals surface area (Å²) >= 11 is 0. The van der Waals surface area contributed by atoms with Crippen LogP contribution in [0.4, 0.5) is 11.5 Å². The van der Waals surface area contributed by atoms with Gasteiger partial charge in [0.1, 0.15) is 17.4 Å². The molecule has 8 nitrogen and oxygen atoms in total. The number of nitrogens with one attached hydrogen (secondary N) is 1. The van der Waals surface area contributed by atoms with Crippen LogP contribution in [-0.4, -0.2) is 21.1 Å². The first-order chi connectivity index (χ1) is 12.2. The van der Waals surface area contributed by atoms with E-state index in [2.05, 4.69) is 20.5 Å². The van der Waals surface area contributed by atoms with E-state index in [0.717, 1.165) is 5.39 Å². The van der Waals surface area contributed by atoms with E-state index in [4.69, 9.17) is 4.42 Å². The van der Waals surface area contributed by atoms with E-state index in [1.165, 1.54) is 18.6 Å². The summed E-state index contributed by atoms with van der Waals surface area (Å²) in [6, 6.07) is 13.9. The second kappa shape index (κ2) is 6.00. The highest BCUT2D eigenvalue weighted by molar-refractivity contribution is 6.05. The van der Waals surface area contributed by atoms with Crippen LogP contribution in [-0.2, 0) is 0 Å². The molecule has 2 aromatic heterocycles. The van der Waals surface area contributed by atoms with Gasteiger partial charge in [-0.15, -0.1) is 0 Å². The number of hydrogen-bond acceptors (Lipinski definition) is 7. The minimum Gasteiger partial charge on any atom is -0.450 e. The van der Waals surface area contributed by atoms with Crippen molar-refractivity contribution in [3.8, 4) is 0 Å². The summed E-state index contributed by atoms with van der Waals surface area (Å²) in [6.45, 7) is 0. The Kier molecular flexibility index (Phi) is 3.55. The second-order valence-corrected chi connectivity index (χ2v) is 5.18. The lowest BCUT2D eigenvalue weighted by Crippen LogP contribution is -1.97. The van der Waals surface area contributed by atoms with Crippen LogP contribution in [0.2, 0.25) is 0 Å². The molecule has 0 atom stereocenters. The summed E-state index contributed by atoms with van der Waals surface area (Å²) in [7, 11) is 0. The molecule has 0 aliphatic carbocycles. The Morgan fingerprint density at radius 1 is 1.12 bits per heavy atom. The highest BCUT2D eigenvalue weighted by Gasteiger charge is 2.13. The van der Waals surface area contributed by atoms with Crippen molar-refractivity contribution in [2.24, 2.45) is 5.10 Å². The summed E-state index contributed by atoms with van der Waals surface area (Å²) in [4.78, 5) is 18.9. The van der Waals surface area contributed by atoms with Gasteiger partial charge in [0.2, 0.25) is 0 Å². The number of nitrogens with zero attached hydrogens (tertiary/aromatic N) is 4. The van der Waals surface area contributed by atoms with Gasteiger partial charge in [-0.25, -0.2) is 9.97 Å². The molecule has 0 radical (unpaired) electrons. The Morgan fingerprint density at radius 3 is 2.80 bits per heavy atom. The Bertz CT molecular complexity index is 1120. The van der Waals surface area contributed by atoms with Crippen LogP contribution >= 0.6 is 0 Å². The van der Waals surface area contributed by atoms with Gasteiger partial charge in [0, 0.05) is 11.5 Å². The van der Waals surface area contributed by atoms with Gasteiger partial charge in [0.15, 0.2) is 11.4 Å². The molecule has 0 aliphatic rings. The average Bonchev–Trinajstić information content (AvgIpc) is 3.02. The monoisotopic (exact) mass is 333 g/mol. The van der Waals surface area contributed by atoms with Gasteiger partial charge >= 0.3 is 0 Å². The molecule has 122 valence electrons. The van der Waals surface area contributed by atoms with Crippen LogP contribution in [0.25, 0.3) is 22.1 Å².